The predicted octanol–water partition coefficient (Wildman–Crippen LogP) is 4.88. The molecular weight excluding hydrogens is 307 g/mol. The average molecular weight is 323 g/mol. The van der Waals surface area contributed by atoms with Crippen LogP contribution in [0.4, 0.5) is 13.2 Å². The monoisotopic (exact) mass is 323 g/mol. The average Bonchev–Trinajstić information content (AvgIpc) is 2.45. The molecule has 3 nitrogen and oxygen atoms in total. The number of benzene rings is 1. The second kappa shape index (κ2) is 6.02. The number of ketones is 1. The Morgan fingerprint density at radius 3 is 1.96 bits per heavy atom. The van der Waals surface area contributed by atoms with Crippen molar-refractivity contribution in [3.05, 3.63) is 48.3 Å². The van der Waals surface area contributed by atoms with Gasteiger partial charge in [0, 0.05) is 17.2 Å². The van der Waals surface area contributed by atoms with E-state index in [-0.39, 0.29) is 11.5 Å². The smallest absolute Gasteiger partial charge is 0.406 e. The van der Waals surface area contributed by atoms with Gasteiger partial charge in [-0.2, -0.15) is 0 Å². The van der Waals surface area contributed by atoms with Crippen LogP contribution in [0.1, 0.15) is 31.3 Å². The lowest BCUT2D eigenvalue weighted by molar-refractivity contribution is -0.274. The Labute approximate surface area is 132 Å². The lowest BCUT2D eigenvalue weighted by Gasteiger charge is -2.15. The summed E-state index contributed by atoms with van der Waals surface area (Å²) in [6.45, 7) is 5.43. The summed E-state index contributed by atoms with van der Waals surface area (Å²) in [5.74, 6) is -0.355. The first-order valence-corrected chi connectivity index (χ1v) is 6.93. The second-order valence-corrected chi connectivity index (χ2v) is 6.08. The Bertz CT molecular complexity index is 684. The standard InChI is InChI=1S/C17H16F3NO2/c1-16(2,3)15(22)14-9-6-12(10-21-14)11-4-7-13(8-5-11)23-17(18,19)20/h4-10H,1-3H3. The fraction of sp³-hybridized carbons (Fsp3) is 0.294. The molecule has 2 aromatic rings. The summed E-state index contributed by atoms with van der Waals surface area (Å²) in [5.41, 5.74) is 1.22. The van der Waals surface area contributed by atoms with E-state index in [0.717, 1.165) is 0 Å². The molecule has 2 rings (SSSR count). The fourth-order valence-electron chi connectivity index (χ4n) is 1.93. The molecule has 0 aliphatic carbocycles. The summed E-state index contributed by atoms with van der Waals surface area (Å²) < 4.78 is 40.2. The minimum Gasteiger partial charge on any atom is -0.406 e. The number of alkyl halides is 3. The summed E-state index contributed by atoms with van der Waals surface area (Å²) in [6, 6.07) is 8.80. The van der Waals surface area contributed by atoms with Crippen molar-refractivity contribution in [2.24, 2.45) is 5.41 Å². The normalized spacial score (nSPS) is 12.1. The van der Waals surface area contributed by atoms with Crippen molar-refractivity contribution in [2.45, 2.75) is 27.1 Å². The molecule has 1 heterocycles. The van der Waals surface area contributed by atoms with E-state index in [1.54, 1.807) is 12.1 Å². The third kappa shape index (κ3) is 4.55. The van der Waals surface area contributed by atoms with E-state index in [4.69, 9.17) is 0 Å². The molecule has 0 saturated heterocycles. The minimum atomic E-state index is -4.71. The molecule has 0 atom stereocenters. The molecule has 1 aromatic heterocycles. The number of hydrogen-bond acceptors (Lipinski definition) is 3. The van der Waals surface area contributed by atoms with Gasteiger partial charge in [-0.15, -0.1) is 13.2 Å². The lowest BCUT2D eigenvalue weighted by Crippen LogP contribution is -2.21. The van der Waals surface area contributed by atoms with E-state index in [1.807, 2.05) is 20.8 Å². The first-order valence-electron chi connectivity index (χ1n) is 6.93. The number of hydrogen-bond donors (Lipinski definition) is 0. The van der Waals surface area contributed by atoms with Gasteiger partial charge in [0.25, 0.3) is 0 Å². The summed E-state index contributed by atoms with van der Waals surface area (Å²) in [6.07, 6.45) is -3.18. The Balaban J connectivity index is 2.18. The molecule has 0 saturated carbocycles. The van der Waals surface area contributed by atoms with Crippen molar-refractivity contribution in [1.82, 2.24) is 4.98 Å². The maximum absolute atomic E-state index is 12.1. The molecular formula is C17H16F3NO2. The topological polar surface area (TPSA) is 39.2 Å². The molecule has 0 spiro atoms. The number of nitrogens with zero attached hydrogens (tertiary/aromatic N) is 1. The Hall–Kier alpha value is -2.37. The van der Waals surface area contributed by atoms with E-state index in [2.05, 4.69) is 9.72 Å². The predicted molar refractivity (Wildman–Crippen MR) is 80.1 cm³/mol. The SMILES string of the molecule is CC(C)(C)C(=O)c1ccc(-c2ccc(OC(F)(F)F)cc2)cn1. The van der Waals surface area contributed by atoms with E-state index in [0.29, 0.717) is 16.8 Å². The van der Waals surface area contributed by atoms with Crippen LogP contribution in [0.5, 0.6) is 5.75 Å². The number of carbonyl (C=O) groups excluding carboxylic acids is 1. The van der Waals surface area contributed by atoms with Crippen molar-refractivity contribution < 1.29 is 22.7 Å². The molecule has 1 aromatic carbocycles. The van der Waals surface area contributed by atoms with Crippen LogP contribution in [0.25, 0.3) is 11.1 Å². The van der Waals surface area contributed by atoms with Gasteiger partial charge in [0.15, 0.2) is 5.78 Å². The Morgan fingerprint density at radius 1 is 0.957 bits per heavy atom. The van der Waals surface area contributed by atoms with Crippen molar-refractivity contribution in [2.75, 3.05) is 0 Å². The summed E-state index contributed by atoms with van der Waals surface area (Å²) in [7, 11) is 0. The maximum Gasteiger partial charge on any atom is 0.573 e. The van der Waals surface area contributed by atoms with Crippen LogP contribution >= 0.6 is 0 Å². The molecule has 0 aliphatic rings. The number of aromatic nitrogens is 1. The molecule has 0 aliphatic heterocycles. The van der Waals surface area contributed by atoms with Crippen LogP contribution in [-0.2, 0) is 0 Å². The zero-order chi connectivity index (χ0) is 17.3. The van der Waals surface area contributed by atoms with Gasteiger partial charge in [0.05, 0.1) is 0 Å². The molecule has 122 valence electrons. The van der Waals surface area contributed by atoms with Crippen LogP contribution < -0.4 is 4.74 Å². The molecule has 0 fully saturated rings. The number of halogens is 3. The molecule has 0 amide bonds. The molecule has 0 bridgehead atoms. The third-order valence-electron chi connectivity index (χ3n) is 3.10. The van der Waals surface area contributed by atoms with Gasteiger partial charge < -0.3 is 4.74 Å². The molecule has 0 unspecified atom stereocenters. The number of Topliss-reactive ketones (excluding diaryl/α,β-unsaturated/α-hetero) is 1. The maximum atomic E-state index is 12.1. The largest absolute Gasteiger partial charge is 0.573 e. The van der Waals surface area contributed by atoms with Crippen LogP contribution in [0.3, 0.4) is 0 Å². The van der Waals surface area contributed by atoms with Crippen LogP contribution in [0.15, 0.2) is 42.6 Å². The summed E-state index contributed by atoms with van der Waals surface area (Å²) in [5, 5.41) is 0. The fourth-order valence-corrected chi connectivity index (χ4v) is 1.93. The zero-order valence-corrected chi connectivity index (χ0v) is 12.9. The molecule has 0 N–H and O–H groups in total. The van der Waals surface area contributed by atoms with Gasteiger partial charge in [0.1, 0.15) is 11.4 Å². The van der Waals surface area contributed by atoms with Gasteiger partial charge in [0.2, 0.25) is 0 Å². The summed E-state index contributed by atoms with van der Waals surface area (Å²) in [4.78, 5) is 16.2. The van der Waals surface area contributed by atoms with Gasteiger partial charge in [-0.25, -0.2) is 0 Å². The highest BCUT2D eigenvalue weighted by Crippen LogP contribution is 2.27. The minimum absolute atomic E-state index is 0.0713. The van der Waals surface area contributed by atoms with E-state index >= 15 is 0 Å². The number of carbonyl (C=O) groups is 1. The number of ether oxygens (including phenoxy) is 1. The Morgan fingerprint density at radius 2 is 1.52 bits per heavy atom. The van der Waals surface area contributed by atoms with Crippen molar-refractivity contribution >= 4 is 5.78 Å². The van der Waals surface area contributed by atoms with E-state index in [1.165, 1.54) is 30.5 Å². The number of rotatable bonds is 3. The Kier molecular flexibility index (Phi) is 4.45. The van der Waals surface area contributed by atoms with Gasteiger partial charge in [-0.3, -0.25) is 9.78 Å². The molecule has 6 heteroatoms. The van der Waals surface area contributed by atoms with Crippen molar-refractivity contribution in [1.29, 1.82) is 0 Å². The first kappa shape index (κ1) is 17.0. The molecule has 23 heavy (non-hydrogen) atoms. The quantitative estimate of drug-likeness (QED) is 0.756. The van der Waals surface area contributed by atoms with Gasteiger partial charge >= 0.3 is 6.36 Å². The first-order chi connectivity index (χ1) is 10.6. The van der Waals surface area contributed by atoms with Gasteiger partial charge in [-0.05, 0) is 23.8 Å². The third-order valence-corrected chi connectivity index (χ3v) is 3.10. The lowest BCUT2D eigenvalue weighted by atomic mass is 9.88. The van der Waals surface area contributed by atoms with E-state index < -0.39 is 11.8 Å². The number of pyridine rings is 1. The van der Waals surface area contributed by atoms with Crippen LogP contribution in [-0.4, -0.2) is 17.1 Å². The highest BCUT2D eigenvalue weighted by molar-refractivity contribution is 5.98. The molecule has 0 radical (unpaired) electrons. The summed E-state index contributed by atoms with van der Waals surface area (Å²) >= 11 is 0. The van der Waals surface area contributed by atoms with Crippen molar-refractivity contribution in [3.63, 3.8) is 0 Å². The van der Waals surface area contributed by atoms with Crippen LogP contribution in [0.2, 0.25) is 0 Å². The van der Waals surface area contributed by atoms with Crippen LogP contribution in [0, 0.1) is 5.41 Å². The van der Waals surface area contributed by atoms with Gasteiger partial charge in [-0.1, -0.05) is 39.0 Å². The van der Waals surface area contributed by atoms with E-state index in [9.17, 15) is 18.0 Å². The zero-order valence-electron chi connectivity index (χ0n) is 12.9. The highest BCUT2D eigenvalue weighted by Gasteiger charge is 2.31. The van der Waals surface area contributed by atoms with Crippen molar-refractivity contribution in [3.8, 4) is 16.9 Å². The highest BCUT2D eigenvalue weighted by atomic mass is 19.4. The second-order valence-electron chi connectivity index (χ2n) is 6.08.